The zero-order valence-electron chi connectivity index (χ0n) is 19.5. The summed E-state index contributed by atoms with van der Waals surface area (Å²) in [6.07, 6.45) is 2.92. The first-order valence-electron chi connectivity index (χ1n) is 12.1. The van der Waals surface area contributed by atoms with Crippen molar-refractivity contribution in [1.82, 2.24) is 19.7 Å². The number of hydrogen-bond acceptors (Lipinski definition) is 4. The van der Waals surface area contributed by atoms with Crippen LogP contribution in [0.2, 0.25) is 0 Å². The van der Waals surface area contributed by atoms with E-state index in [0.29, 0.717) is 39.0 Å². The van der Waals surface area contributed by atoms with Gasteiger partial charge < -0.3 is 9.80 Å². The van der Waals surface area contributed by atoms with E-state index in [9.17, 15) is 18.4 Å². The summed E-state index contributed by atoms with van der Waals surface area (Å²) in [5, 5.41) is 1.13. The van der Waals surface area contributed by atoms with Crippen LogP contribution in [0, 0.1) is 17.6 Å². The van der Waals surface area contributed by atoms with Crippen molar-refractivity contribution in [1.29, 1.82) is 0 Å². The number of piperidine rings is 1. The molecule has 2 fully saturated rings. The standard InChI is InChI=1S/C27H28F2N4O2/c28-22-6-7-23(24(29)17-22)27(35)32-11-8-20(9-12-32)26(34)33-15-13-31(14-16-33)18-21-4-1-3-19-5-2-10-30-25(19)21/h1-7,10,17,20H,8-9,11-16,18H2. The topological polar surface area (TPSA) is 56.8 Å². The van der Waals surface area contributed by atoms with E-state index >= 15 is 0 Å². The van der Waals surface area contributed by atoms with Crippen LogP contribution in [0.3, 0.4) is 0 Å². The monoisotopic (exact) mass is 478 g/mol. The number of carbonyl (C=O) groups excluding carboxylic acids is 2. The van der Waals surface area contributed by atoms with Crippen molar-refractivity contribution in [3.8, 4) is 0 Å². The van der Waals surface area contributed by atoms with E-state index in [4.69, 9.17) is 0 Å². The SMILES string of the molecule is O=C(c1ccc(F)cc1F)N1CCC(C(=O)N2CCN(Cc3cccc4cccnc34)CC2)CC1. The molecular weight excluding hydrogens is 450 g/mol. The zero-order chi connectivity index (χ0) is 24.4. The van der Waals surface area contributed by atoms with Crippen LogP contribution in [0.1, 0.15) is 28.8 Å². The maximum absolute atomic E-state index is 14.0. The van der Waals surface area contributed by atoms with Gasteiger partial charge in [-0.25, -0.2) is 8.78 Å². The third-order valence-corrected chi connectivity index (χ3v) is 7.09. The number of halogens is 2. The lowest BCUT2D eigenvalue weighted by atomic mass is 9.94. The number of piperazine rings is 1. The van der Waals surface area contributed by atoms with Crippen LogP contribution in [0.5, 0.6) is 0 Å². The highest BCUT2D eigenvalue weighted by atomic mass is 19.1. The van der Waals surface area contributed by atoms with Crippen molar-refractivity contribution < 1.29 is 18.4 Å². The molecule has 182 valence electrons. The van der Waals surface area contributed by atoms with Crippen LogP contribution in [0.4, 0.5) is 8.78 Å². The Labute approximate surface area is 203 Å². The fourth-order valence-corrected chi connectivity index (χ4v) is 5.08. The number of para-hydroxylation sites is 1. The third kappa shape index (κ3) is 5.03. The molecule has 2 aliphatic heterocycles. The molecule has 0 spiro atoms. The average Bonchev–Trinajstić information content (AvgIpc) is 2.89. The van der Waals surface area contributed by atoms with Gasteiger partial charge in [0.15, 0.2) is 0 Å². The lowest BCUT2D eigenvalue weighted by Gasteiger charge is -2.38. The van der Waals surface area contributed by atoms with Gasteiger partial charge in [0.25, 0.3) is 5.91 Å². The molecule has 0 unspecified atom stereocenters. The van der Waals surface area contributed by atoms with E-state index < -0.39 is 17.5 Å². The largest absolute Gasteiger partial charge is 0.340 e. The molecule has 0 saturated carbocycles. The van der Waals surface area contributed by atoms with Gasteiger partial charge in [-0.2, -0.15) is 0 Å². The van der Waals surface area contributed by atoms with Crippen molar-refractivity contribution in [2.45, 2.75) is 19.4 Å². The molecule has 0 radical (unpaired) electrons. The van der Waals surface area contributed by atoms with E-state index in [1.807, 2.05) is 17.2 Å². The Bertz CT molecular complexity index is 1230. The number of likely N-dealkylation sites (tertiary alicyclic amines) is 1. The summed E-state index contributed by atoms with van der Waals surface area (Å²) in [4.78, 5) is 36.1. The molecule has 6 nitrogen and oxygen atoms in total. The predicted octanol–water partition coefficient (Wildman–Crippen LogP) is 3.71. The Morgan fingerprint density at radius 3 is 2.37 bits per heavy atom. The van der Waals surface area contributed by atoms with Crippen molar-refractivity contribution in [3.63, 3.8) is 0 Å². The van der Waals surface area contributed by atoms with Crippen LogP contribution in [-0.4, -0.2) is 70.8 Å². The average molecular weight is 479 g/mol. The number of amides is 2. The number of fused-ring (bicyclic) bond motifs is 1. The summed E-state index contributed by atoms with van der Waals surface area (Å²) in [6, 6.07) is 13.2. The van der Waals surface area contributed by atoms with Gasteiger partial charge in [0.1, 0.15) is 11.6 Å². The van der Waals surface area contributed by atoms with Crippen molar-refractivity contribution in [3.05, 3.63) is 77.5 Å². The summed E-state index contributed by atoms with van der Waals surface area (Å²) < 4.78 is 27.1. The fraction of sp³-hybridized carbons (Fsp3) is 0.370. The zero-order valence-corrected chi connectivity index (χ0v) is 19.5. The molecular formula is C27H28F2N4O2. The number of aromatic nitrogens is 1. The molecule has 2 aliphatic rings. The second kappa shape index (κ2) is 10.1. The lowest BCUT2D eigenvalue weighted by Crippen LogP contribution is -2.51. The Hall–Kier alpha value is -3.39. The van der Waals surface area contributed by atoms with Gasteiger partial charge in [-0.1, -0.05) is 24.3 Å². The van der Waals surface area contributed by atoms with E-state index in [1.54, 1.807) is 4.90 Å². The van der Waals surface area contributed by atoms with Crippen LogP contribution >= 0.6 is 0 Å². The van der Waals surface area contributed by atoms with Gasteiger partial charge in [-0.05, 0) is 36.6 Å². The summed E-state index contributed by atoms with van der Waals surface area (Å²) in [7, 11) is 0. The van der Waals surface area contributed by atoms with Crippen molar-refractivity contribution in [2.75, 3.05) is 39.3 Å². The third-order valence-electron chi connectivity index (χ3n) is 7.09. The molecule has 35 heavy (non-hydrogen) atoms. The number of hydrogen-bond donors (Lipinski definition) is 0. The van der Waals surface area contributed by atoms with Crippen LogP contribution in [0.25, 0.3) is 10.9 Å². The predicted molar refractivity (Wildman–Crippen MR) is 129 cm³/mol. The molecule has 2 aromatic carbocycles. The first-order valence-corrected chi connectivity index (χ1v) is 12.1. The van der Waals surface area contributed by atoms with Crippen molar-refractivity contribution >= 4 is 22.7 Å². The molecule has 0 N–H and O–H groups in total. The number of pyridine rings is 1. The second-order valence-corrected chi connectivity index (χ2v) is 9.28. The van der Waals surface area contributed by atoms with E-state index in [1.165, 1.54) is 11.6 Å². The van der Waals surface area contributed by atoms with E-state index in [0.717, 1.165) is 42.7 Å². The molecule has 0 bridgehead atoms. The Kier molecular flexibility index (Phi) is 6.72. The quantitative estimate of drug-likeness (QED) is 0.574. The molecule has 3 heterocycles. The van der Waals surface area contributed by atoms with Gasteiger partial charge >= 0.3 is 0 Å². The Morgan fingerprint density at radius 1 is 0.886 bits per heavy atom. The van der Waals surface area contributed by atoms with E-state index in [2.05, 4.69) is 34.1 Å². The minimum Gasteiger partial charge on any atom is -0.340 e. The lowest BCUT2D eigenvalue weighted by molar-refractivity contribution is -0.138. The minimum absolute atomic E-state index is 0.131. The molecule has 2 saturated heterocycles. The molecule has 0 atom stereocenters. The first kappa shape index (κ1) is 23.4. The highest BCUT2D eigenvalue weighted by Crippen LogP contribution is 2.24. The van der Waals surface area contributed by atoms with Gasteiger partial charge in [0, 0.05) is 69.4 Å². The summed E-state index contributed by atoms with van der Waals surface area (Å²) in [6.45, 7) is 4.54. The minimum atomic E-state index is -0.856. The molecule has 8 heteroatoms. The summed E-state index contributed by atoms with van der Waals surface area (Å²) in [5.74, 6) is -2.02. The maximum Gasteiger partial charge on any atom is 0.256 e. The number of nitrogens with zero attached hydrogens (tertiary/aromatic N) is 4. The van der Waals surface area contributed by atoms with Gasteiger partial charge in [0.05, 0.1) is 11.1 Å². The summed E-state index contributed by atoms with van der Waals surface area (Å²) >= 11 is 0. The van der Waals surface area contributed by atoms with E-state index in [-0.39, 0.29) is 17.4 Å². The molecule has 3 aromatic rings. The fourth-order valence-electron chi connectivity index (χ4n) is 5.08. The van der Waals surface area contributed by atoms with Gasteiger partial charge in [-0.15, -0.1) is 0 Å². The Balaban J connectivity index is 1.12. The maximum atomic E-state index is 14.0. The molecule has 1 aromatic heterocycles. The van der Waals surface area contributed by atoms with Crippen LogP contribution < -0.4 is 0 Å². The van der Waals surface area contributed by atoms with Gasteiger partial charge in [-0.3, -0.25) is 19.5 Å². The molecule has 0 aliphatic carbocycles. The van der Waals surface area contributed by atoms with Gasteiger partial charge in [0.2, 0.25) is 5.91 Å². The first-order chi connectivity index (χ1) is 17.0. The number of rotatable bonds is 4. The van der Waals surface area contributed by atoms with Crippen molar-refractivity contribution in [2.24, 2.45) is 5.92 Å². The highest BCUT2D eigenvalue weighted by Gasteiger charge is 2.32. The normalized spacial score (nSPS) is 17.7. The highest BCUT2D eigenvalue weighted by molar-refractivity contribution is 5.94. The Morgan fingerprint density at radius 2 is 1.63 bits per heavy atom. The second-order valence-electron chi connectivity index (χ2n) is 9.28. The smallest absolute Gasteiger partial charge is 0.256 e. The number of carbonyl (C=O) groups is 2. The summed E-state index contributed by atoms with van der Waals surface area (Å²) in [5.41, 5.74) is 2.08. The van der Waals surface area contributed by atoms with Crippen LogP contribution in [-0.2, 0) is 11.3 Å². The number of benzene rings is 2. The van der Waals surface area contributed by atoms with Crippen LogP contribution in [0.15, 0.2) is 54.7 Å². The molecule has 2 amide bonds. The molecule has 5 rings (SSSR count).